The van der Waals surface area contributed by atoms with E-state index in [0.717, 1.165) is 16.6 Å². The Bertz CT molecular complexity index is 944. The van der Waals surface area contributed by atoms with E-state index in [0.29, 0.717) is 11.3 Å². The van der Waals surface area contributed by atoms with Gasteiger partial charge in [0.1, 0.15) is 5.65 Å². The molecule has 0 radical (unpaired) electrons. The quantitative estimate of drug-likeness (QED) is 0.462. The Labute approximate surface area is 143 Å². The molecule has 122 valence electrons. The largest absolute Gasteiger partial charge is 0.416 e. The van der Waals surface area contributed by atoms with Crippen LogP contribution in [0.1, 0.15) is 21.6 Å². The van der Waals surface area contributed by atoms with Gasteiger partial charge in [-0.25, -0.2) is 4.98 Å². The summed E-state index contributed by atoms with van der Waals surface area (Å²) < 4.78 is 40.7. The van der Waals surface area contributed by atoms with Gasteiger partial charge < -0.3 is 0 Å². The number of aromatic nitrogens is 2. The highest BCUT2D eigenvalue weighted by Crippen LogP contribution is 2.29. The monoisotopic (exact) mass is 394 g/mol. The predicted octanol–water partition coefficient (Wildman–Crippen LogP) is 5.01. The first-order valence-corrected chi connectivity index (χ1v) is 7.66. The van der Waals surface area contributed by atoms with Crippen LogP contribution in [0.15, 0.2) is 59.3 Å². The lowest BCUT2D eigenvalue weighted by Gasteiger charge is -2.07. The number of rotatable bonds is 3. The molecule has 0 bridgehead atoms. The van der Waals surface area contributed by atoms with Crippen LogP contribution >= 0.6 is 15.9 Å². The molecule has 3 nitrogen and oxygen atoms in total. The molecule has 3 rings (SSSR count). The lowest BCUT2D eigenvalue weighted by Crippen LogP contribution is -2.06. The Morgan fingerprint density at radius 2 is 2.00 bits per heavy atom. The molecule has 3 aromatic rings. The first kappa shape index (κ1) is 16.4. The zero-order valence-corrected chi connectivity index (χ0v) is 13.7. The fourth-order valence-corrected chi connectivity index (χ4v) is 2.54. The number of fused-ring (bicyclic) bond motifs is 1. The van der Waals surface area contributed by atoms with E-state index in [1.165, 1.54) is 24.3 Å². The van der Waals surface area contributed by atoms with Crippen molar-refractivity contribution in [1.29, 1.82) is 0 Å². The van der Waals surface area contributed by atoms with Crippen LogP contribution in [0.4, 0.5) is 13.2 Å². The van der Waals surface area contributed by atoms with Gasteiger partial charge in [-0.15, -0.1) is 0 Å². The number of alkyl halides is 3. The van der Waals surface area contributed by atoms with Crippen LogP contribution in [-0.2, 0) is 6.18 Å². The third-order valence-corrected chi connectivity index (χ3v) is 3.85. The van der Waals surface area contributed by atoms with E-state index in [2.05, 4.69) is 20.9 Å². The normalized spacial score (nSPS) is 12.2. The van der Waals surface area contributed by atoms with Gasteiger partial charge in [0.15, 0.2) is 5.78 Å². The van der Waals surface area contributed by atoms with Crippen LogP contribution in [0.3, 0.4) is 0 Å². The standard InChI is InChI=1S/C17H10BrF3N2O/c18-13-4-7-16-22-9-14(23(16)10-13)5-6-15(24)11-2-1-3-12(8-11)17(19,20)21/h1-10H/b6-5+. The van der Waals surface area contributed by atoms with E-state index in [4.69, 9.17) is 0 Å². The number of carbonyl (C=O) groups excluding carboxylic acids is 1. The first-order chi connectivity index (χ1) is 11.3. The SMILES string of the molecule is O=C(/C=C/c1cnc2ccc(Br)cn12)c1cccc(C(F)(F)F)c1. The molecule has 0 aliphatic carbocycles. The topological polar surface area (TPSA) is 34.4 Å². The van der Waals surface area contributed by atoms with E-state index < -0.39 is 17.5 Å². The summed E-state index contributed by atoms with van der Waals surface area (Å²) in [5.41, 5.74) is 0.479. The van der Waals surface area contributed by atoms with Crippen molar-refractivity contribution in [1.82, 2.24) is 9.38 Å². The molecule has 0 fully saturated rings. The van der Waals surface area contributed by atoms with Crippen molar-refractivity contribution >= 4 is 33.4 Å². The van der Waals surface area contributed by atoms with E-state index >= 15 is 0 Å². The number of carbonyl (C=O) groups is 1. The predicted molar refractivity (Wildman–Crippen MR) is 87.7 cm³/mol. The second-order valence-corrected chi connectivity index (χ2v) is 5.95. The molecule has 1 aromatic carbocycles. The van der Waals surface area contributed by atoms with E-state index in [1.54, 1.807) is 22.9 Å². The first-order valence-electron chi connectivity index (χ1n) is 6.87. The van der Waals surface area contributed by atoms with Crippen molar-refractivity contribution in [2.45, 2.75) is 6.18 Å². The van der Waals surface area contributed by atoms with Gasteiger partial charge in [-0.2, -0.15) is 13.2 Å². The summed E-state index contributed by atoms with van der Waals surface area (Å²) in [6, 6.07) is 7.99. The van der Waals surface area contributed by atoms with Crippen molar-refractivity contribution in [2.24, 2.45) is 0 Å². The van der Waals surface area contributed by atoms with Crippen molar-refractivity contribution in [3.63, 3.8) is 0 Å². The molecule has 0 spiro atoms. The fourth-order valence-electron chi connectivity index (χ4n) is 2.20. The van der Waals surface area contributed by atoms with E-state index in [1.807, 2.05) is 6.07 Å². The molecule has 0 saturated heterocycles. The van der Waals surface area contributed by atoms with Gasteiger partial charge in [-0.1, -0.05) is 12.1 Å². The Morgan fingerprint density at radius 3 is 2.75 bits per heavy atom. The third-order valence-electron chi connectivity index (χ3n) is 3.38. The van der Waals surface area contributed by atoms with Crippen LogP contribution < -0.4 is 0 Å². The van der Waals surface area contributed by atoms with Gasteiger partial charge >= 0.3 is 6.18 Å². The summed E-state index contributed by atoms with van der Waals surface area (Å²) in [6.07, 6.45) is 1.65. The van der Waals surface area contributed by atoms with Crippen molar-refractivity contribution in [3.05, 3.63) is 76.2 Å². The van der Waals surface area contributed by atoms with Gasteiger partial charge in [0.25, 0.3) is 0 Å². The fraction of sp³-hybridized carbons (Fsp3) is 0.0588. The van der Waals surface area contributed by atoms with Crippen molar-refractivity contribution in [2.75, 3.05) is 0 Å². The molecule has 2 heterocycles. The second-order valence-electron chi connectivity index (χ2n) is 5.03. The van der Waals surface area contributed by atoms with Crippen LogP contribution in [0.5, 0.6) is 0 Å². The Morgan fingerprint density at radius 1 is 1.21 bits per heavy atom. The minimum atomic E-state index is -4.48. The minimum Gasteiger partial charge on any atom is -0.299 e. The maximum atomic E-state index is 12.7. The molecule has 0 N–H and O–H groups in total. The number of ketones is 1. The lowest BCUT2D eigenvalue weighted by atomic mass is 10.1. The molecule has 0 atom stereocenters. The number of benzene rings is 1. The lowest BCUT2D eigenvalue weighted by molar-refractivity contribution is -0.137. The number of halogens is 4. The average Bonchev–Trinajstić information content (AvgIpc) is 2.94. The molecular weight excluding hydrogens is 385 g/mol. The van der Waals surface area contributed by atoms with E-state index in [-0.39, 0.29) is 5.56 Å². The molecule has 0 unspecified atom stereocenters. The maximum Gasteiger partial charge on any atom is 0.416 e. The van der Waals surface area contributed by atoms with Crippen molar-refractivity contribution in [3.8, 4) is 0 Å². The highest BCUT2D eigenvalue weighted by Gasteiger charge is 2.30. The number of imidazole rings is 1. The van der Waals surface area contributed by atoms with Gasteiger partial charge in [-0.3, -0.25) is 9.20 Å². The summed E-state index contributed by atoms with van der Waals surface area (Å²) in [6.45, 7) is 0. The molecule has 0 saturated carbocycles. The van der Waals surface area contributed by atoms with Gasteiger partial charge in [0.2, 0.25) is 0 Å². The number of hydrogen-bond donors (Lipinski definition) is 0. The molecule has 24 heavy (non-hydrogen) atoms. The second kappa shape index (κ2) is 6.24. The molecule has 0 aliphatic rings. The van der Waals surface area contributed by atoms with Crippen LogP contribution in [0.2, 0.25) is 0 Å². The van der Waals surface area contributed by atoms with Crippen LogP contribution in [-0.4, -0.2) is 15.2 Å². The van der Waals surface area contributed by atoms with Gasteiger partial charge in [-0.05, 0) is 52.3 Å². The number of allylic oxidation sites excluding steroid dienone is 1. The van der Waals surface area contributed by atoms with Crippen LogP contribution in [0, 0.1) is 0 Å². The molecule has 0 amide bonds. The highest BCUT2D eigenvalue weighted by molar-refractivity contribution is 9.10. The van der Waals surface area contributed by atoms with Crippen molar-refractivity contribution < 1.29 is 18.0 Å². The van der Waals surface area contributed by atoms with E-state index in [9.17, 15) is 18.0 Å². The number of hydrogen-bond acceptors (Lipinski definition) is 2. The Balaban J connectivity index is 1.89. The summed E-state index contributed by atoms with van der Waals surface area (Å²) in [5, 5.41) is 0. The molecule has 7 heteroatoms. The zero-order chi connectivity index (χ0) is 17.3. The minimum absolute atomic E-state index is 0.0175. The Hall–Kier alpha value is -2.41. The summed E-state index contributed by atoms with van der Waals surface area (Å²) in [5.74, 6) is -0.508. The number of nitrogens with zero attached hydrogens (tertiary/aromatic N) is 2. The maximum absolute atomic E-state index is 12.7. The summed E-state index contributed by atoms with van der Waals surface area (Å²) >= 11 is 3.35. The molecule has 0 aliphatic heterocycles. The zero-order valence-electron chi connectivity index (χ0n) is 12.1. The summed E-state index contributed by atoms with van der Waals surface area (Å²) in [4.78, 5) is 16.3. The smallest absolute Gasteiger partial charge is 0.299 e. The third kappa shape index (κ3) is 3.41. The van der Waals surface area contributed by atoms with Gasteiger partial charge in [0.05, 0.1) is 17.5 Å². The molecular formula is C17H10BrF3N2O. The molecule has 2 aromatic heterocycles. The van der Waals surface area contributed by atoms with Crippen LogP contribution in [0.25, 0.3) is 11.7 Å². The summed E-state index contributed by atoms with van der Waals surface area (Å²) in [7, 11) is 0. The Kier molecular flexibility index (Phi) is 4.28. The van der Waals surface area contributed by atoms with Gasteiger partial charge in [0, 0.05) is 16.2 Å². The average molecular weight is 395 g/mol. The number of pyridine rings is 1. The highest BCUT2D eigenvalue weighted by atomic mass is 79.9.